The molecular weight excluding hydrogens is 282 g/mol. The molecule has 20 heavy (non-hydrogen) atoms. The molecule has 1 heterocycles. The van der Waals surface area contributed by atoms with Crippen LogP contribution in [-0.2, 0) is 10.0 Å². The number of nitrogens with one attached hydrogen (secondary N) is 2. The average molecular weight is 299 g/mol. The molecular formula is C12H17N3O4S. The second kappa shape index (κ2) is 5.86. The molecule has 0 aromatic heterocycles. The van der Waals surface area contributed by atoms with Gasteiger partial charge in [0.15, 0.2) is 0 Å². The average Bonchev–Trinajstić information content (AvgIpc) is 2.39. The Morgan fingerprint density at radius 2 is 2.00 bits per heavy atom. The van der Waals surface area contributed by atoms with Crippen LogP contribution in [0.5, 0.6) is 0 Å². The smallest absolute Gasteiger partial charge is 0.270 e. The number of hydrogen-bond acceptors (Lipinski definition) is 5. The molecule has 0 saturated carbocycles. The second-order valence-electron chi connectivity index (χ2n) is 4.85. The fourth-order valence-electron chi connectivity index (χ4n) is 2.21. The molecule has 0 radical (unpaired) electrons. The summed E-state index contributed by atoms with van der Waals surface area (Å²) >= 11 is 0. The molecule has 0 unspecified atom stereocenters. The zero-order chi connectivity index (χ0) is 14.8. The molecule has 1 aliphatic heterocycles. The zero-order valence-corrected chi connectivity index (χ0v) is 11.9. The summed E-state index contributed by atoms with van der Waals surface area (Å²) in [6, 6.07) is 3.74. The Morgan fingerprint density at radius 1 is 1.35 bits per heavy atom. The highest BCUT2D eigenvalue weighted by atomic mass is 32.2. The zero-order valence-electron chi connectivity index (χ0n) is 11.1. The van der Waals surface area contributed by atoms with Crippen molar-refractivity contribution in [3.63, 3.8) is 0 Å². The van der Waals surface area contributed by atoms with E-state index in [0.717, 1.165) is 19.2 Å². The maximum absolute atomic E-state index is 12.3. The highest BCUT2D eigenvalue weighted by Crippen LogP contribution is 2.22. The summed E-state index contributed by atoms with van der Waals surface area (Å²) in [5.74, 6) is 0. The van der Waals surface area contributed by atoms with Gasteiger partial charge in [0.1, 0.15) is 0 Å². The number of piperidine rings is 1. The topological polar surface area (TPSA) is 101 Å². The minimum absolute atomic E-state index is 0.0229. The van der Waals surface area contributed by atoms with Gasteiger partial charge in [0.05, 0.1) is 9.82 Å². The van der Waals surface area contributed by atoms with Crippen LogP contribution in [-0.4, -0.2) is 32.5 Å². The predicted molar refractivity (Wildman–Crippen MR) is 74.0 cm³/mol. The number of hydrogen-bond donors (Lipinski definition) is 2. The SMILES string of the molecule is Cc1ccc([N+](=O)[O-])cc1S(=O)(=O)NC1CCNCC1. The van der Waals surface area contributed by atoms with Crippen LogP contribution in [0.25, 0.3) is 0 Å². The van der Waals surface area contributed by atoms with E-state index in [1.807, 2.05) is 0 Å². The van der Waals surface area contributed by atoms with Gasteiger partial charge in [-0.1, -0.05) is 6.07 Å². The van der Waals surface area contributed by atoms with Crippen molar-refractivity contribution in [3.05, 3.63) is 33.9 Å². The van der Waals surface area contributed by atoms with E-state index in [2.05, 4.69) is 10.0 Å². The monoisotopic (exact) mass is 299 g/mol. The third-order valence-electron chi connectivity index (χ3n) is 3.33. The van der Waals surface area contributed by atoms with Crippen LogP contribution in [0.3, 0.4) is 0 Å². The number of sulfonamides is 1. The lowest BCUT2D eigenvalue weighted by atomic mass is 10.1. The van der Waals surface area contributed by atoms with Gasteiger partial charge < -0.3 is 5.32 Å². The van der Waals surface area contributed by atoms with Gasteiger partial charge in [0, 0.05) is 18.2 Å². The van der Waals surface area contributed by atoms with Crippen molar-refractivity contribution in [3.8, 4) is 0 Å². The standard InChI is InChI=1S/C12H17N3O4S/c1-9-2-3-11(15(16)17)8-12(9)20(18,19)14-10-4-6-13-7-5-10/h2-3,8,10,13-14H,4-7H2,1H3. The number of nitro benzene ring substituents is 1. The first-order valence-corrected chi connectivity index (χ1v) is 7.86. The molecule has 0 bridgehead atoms. The molecule has 8 heteroatoms. The Morgan fingerprint density at radius 3 is 2.60 bits per heavy atom. The molecule has 0 atom stereocenters. The molecule has 2 N–H and O–H groups in total. The van der Waals surface area contributed by atoms with E-state index in [0.29, 0.717) is 18.4 Å². The summed E-state index contributed by atoms with van der Waals surface area (Å²) in [5, 5.41) is 13.9. The lowest BCUT2D eigenvalue weighted by molar-refractivity contribution is -0.385. The van der Waals surface area contributed by atoms with Gasteiger partial charge in [0.25, 0.3) is 5.69 Å². The first kappa shape index (κ1) is 14.9. The van der Waals surface area contributed by atoms with E-state index >= 15 is 0 Å². The van der Waals surface area contributed by atoms with Gasteiger partial charge in [-0.05, 0) is 38.4 Å². The third kappa shape index (κ3) is 3.33. The molecule has 1 aromatic rings. The Kier molecular flexibility index (Phi) is 4.36. The fraction of sp³-hybridized carbons (Fsp3) is 0.500. The van der Waals surface area contributed by atoms with Crippen LogP contribution >= 0.6 is 0 Å². The minimum Gasteiger partial charge on any atom is -0.317 e. The van der Waals surface area contributed by atoms with E-state index in [4.69, 9.17) is 0 Å². The number of aryl methyl sites for hydroxylation is 1. The fourth-order valence-corrected chi connectivity index (χ4v) is 3.78. The summed E-state index contributed by atoms with van der Waals surface area (Å²) in [6.07, 6.45) is 1.43. The second-order valence-corrected chi connectivity index (χ2v) is 6.53. The Hall–Kier alpha value is -1.51. The van der Waals surface area contributed by atoms with Crippen LogP contribution < -0.4 is 10.0 Å². The summed E-state index contributed by atoms with van der Waals surface area (Å²) in [7, 11) is -3.73. The van der Waals surface area contributed by atoms with Gasteiger partial charge in [-0.25, -0.2) is 13.1 Å². The molecule has 0 amide bonds. The van der Waals surface area contributed by atoms with Gasteiger partial charge in [-0.2, -0.15) is 0 Å². The molecule has 7 nitrogen and oxygen atoms in total. The highest BCUT2D eigenvalue weighted by molar-refractivity contribution is 7.89. The van der Waals surface area contributed by atoms with E-state index in [1.165, 1.54) is 12.1 Å². The molecule has 110 valence electrons. The number of rotatable bonds is 4. The molecule has 1 aromatic carbocycles. The molecule has 1 saturated heterocycles. The van der Waals surface area contributed by atoms with Crippen LogP contribution in [0.4, 0.5) is 5.69 Å². The van der Waals surface area contributed by atoms with Crippen LogP contribution in [0.15, 0.2) is 23.1 Å². The van der Waals surface area contributed by atoms with Crippen molar-refractivity contribution in [2.45, 2.75) is 30.7 Å². The first-order chi connectivity index (χ1) is 9.40. The highest BCUT2D eigenvalue weighted by Gasteiger charge is 2.24. The summed E-state index contributed by atoms with van der Waals surface area (Å²) in [6.45, 7) is 3.16. The van der Waals surface area contributed by atoms with Crippen molar-refractivity contribution in [1.82, 2.24) is 10.0 Å². The maximum Gasteiger partial charge on any atom is 0.270 e. The third-order valence-corrected chi connectivity index (χ3v) is 5.00. The van der Waals surface area contributed by atoms with Gasteiger partial charge >= 0.3 is 0 Å². The lowest BCUT2D eigenvalue weighted by Gasteiger charge is -2.23. The van der Waals surface area contributed by atoms with E-state index in [-0.39, 0.29) is 16.6 Å². The van der Waals surface area contributed by atoms with Gasteiger partial charge in [0.2, 0.25) is 10.0 Å². The normalized spacial score (nSPS) is 17.1. The summed E-state index contributed by atoms with van der Waals surface area (Å²) in [4.78, 5) is 10.1. The van der Waals surface area contributed by atoms with E-state index < -0.39 is 14.9 Å². The quantitative estimate of drug-likeness (QED) is 0.636. The number of benzene rings is 1. The molecule has 1 fully saturated rings. The number of nitrogens with zero attached hydrogens (tertiary/aromatic N) is 1. The van der Waals surface area contributed by atoms with Gasteiger partial charge in [-0.15, -0.1) is 0 Å². The maximum atomic E-state index is 12.3. The van der Waals surface area contributed by atoms with E-state index in [9.17, 15) is 18.5 Å². The minimum atomic E-state index is -3.73. The Labute approximate surface area is 117 Å². The summed E-state index contributed by atoms with van der Waals surface area (Å²) in [5.41, 5.74) is 0.276. The first-order valence-electron chi connectivity index (χ1n) is 6.38. The number of non-ortho nitro benzene ring substituents is 1. The van der Waals surface area contributed by atoms with Crippen LogP contribution in [0.1, 0.15) is 18.4 Å². The lowest BCUT2D eigenvalue weighted by Crippen LogP contribution is -2.42. The molecule has 0 aliphatic carbocycles. The molecule has 0 spiro atoms. The summed E-state index contributed by atoms with van der Waals surface area (Å²) < 4.78 is 27.3. The molecule has 2 rings (SSSR count). The molecule has 1 aliphatic rings. The Balaban J connectivity index is 2.28. The Bertz CT molecular complexity index is 609. The van der Waals surface area contributed by atoms with Crippen molar-refractivity contribution in [1.29, 1.82) is 0 Å². The van der Waals surface area contributed by atoms with Crippen molar-refractivity contribution in [2.24, 2.45) is 0 Å². The van der Waals surface area contributed by atoms with E-state index in [1.54, 1.807) is 6.92 Å². The van der Waals surface area contributed by atoms with Crippen LogP contribution in [0.2, 0.25) is 0 Å². The predicted octanol–water partition coefficient (Wildman–Crippen LogP) is 0.934. The number of nitro groups is 1. The van der Waals surface area contributed by atoms with Gasteiger partial charge in [-0.3, -0.25) is 10.1 Å². The van der Waals surface area contributed by atoms with Crippen LogP contribution in [0, 0.1) is 17.0 Å². The van der Waals surface area contributed by atoms with Crippen molar-refractivity contribution >= 4 is 15.7 Å². The van der Waals surface area contributed by atoms with Crippen molar-refractivity contribution < 1.29 is 13.3 Å². The van der Waals surface area contributed by atoms with Crippen molar-refractivity contribution in [2.75, 3.05) is 13.1 Å². The largest absolute Gasteiger partial charge is 0.317 e.